The second-order valence-electron chi connectivity index (χ2n) is 3.90. The quantitative estimate of drug-likeness (QED) is 0.463. The molecule has 1 aromatic rings. The van der Waals surface area contributed by atoms with Crippen LogP contribution >= 0.6 is 12.2 Å². The first-order chi connectivity index (χ1) is 7.72. The van der Waals surface area contributed by atoms with Crippen molar-refractivity contribution in [3.8, 4) is 0 Å². The number of rotatable bonds is 1. The van der Waals surface area contributed by atoms with Crippen molar-refractivity contribution in [2.24, 2.45) is 0 Å². The first-order valence-corrected chi connectivity index (χ1v) is 5.83. The Morgan fingerprint density at radius 1 is 1.38 bits per heavy atom. The summed E-state index contributed by atoms with van der Waals surface area (Å²) in [7, 11) is 1.34. The van der Waals surface area contributed by atoms with Crippen LogP contribution in [0.3, 0.4) is 0 Å². The summed E-state index contributed by atoms with van der Waals surface area (Å²) in [6.07, 6.45) is 5.36. The number of carbonyl (C=O) groups excluding carboxylic acids is 1. The van der Waals surface area contributed by atoms with Crippen LogP contribution in [-0.4, -0.2) is 23.0 Å². The van der Waals surface area contributed by atoms with E-state index in [-0.39, 0.29) is 5.82 Å². The fraction of sp³-hybridized carbons (Fsp3) is 0.545. The van der Waals surface area contributed by atoms with E-state index >= 15 is 0 Å². The third-order valence-electron chi connectivity index (χ3n) is 2.84. The highest BCUT2D eigenvalue weighted by atomic mass is 32.1. The summed E-state index contributed by atoms with van der Waals surface area (Å²) in [6, 6.07) is 0. The highest BCUT2D eigenvalue weighted by Gasteiger charge is 2.15. The van der Waals surface area contributed by atoms with Gasteiger partial charge in [-0.25, -0.2) is 9.78 Å². The van der Waals surface area contributed by atoms with Crippen LogP contribution in [0, 0.1) is 4.64 Å². The van der Waals surface area contributed by atoms with Gasteiger partial charge in [0.05, 0.1) is 7.11 Å². The number of aryl methyl sites for hydroxylation is 1. The number of carbonyl (C=O) groups is 1. The van der Waals surface area contributed by atoms with Gasteiger partial charge in [-0.3, -0.25) is 0 Å². The van der Waals surface area contributed by atoms with E-state index in [2.05, 4.69) is 14.7 Å². The molecule has 16 heavy (non-hydrogen) atoms. The van der Waals surface area contributed by atoms with Crippen LogP contribution in [0.5, 0.6) is 0 Å². The molecular weight excluding hydrogens is 224 g/mol. The second-order valence-corrected chi connectivity index (χ2v) is 4.29. The van der Waals surface area contributed by atoms with E-state index in [9.17, 15) is 4.79 Å². The van der Waals surface area contributed by atoms with Crippen molar-refractivity contribution in [2.45, 2.75) is 32.1 Å². The van der Waals surface area contributed by atoms with E-state index in [1.54, 1.807) is 0 Å². The van der Waals surface area contributed by atoms with Gasteiger partial charge in [-0.15, -0.1) is 0 Å². The standard InChI is InChI=1S/C11H14N2O2S/c1-15-11(14)9-12-8-6-4-2-3-5-7(8)10(16)13-9/h2-6H2,1H3,(H,12,13,16). The molecule has 1 aromatic heterocycles. The highest BCUT2D eigenvalue weighted by Crippen LogP contribution is 2.19. The SMILES string of the molecule is COC(=O)c1nc(=S)c2c([nH]1)CCCCC2. The summed E-state index contributed by atoms with van der Waals surface area (Å²) >= 11 is 5.21. The summed E-state index contributed by atoms with van der Waals surface area (Å²) in [6.45, 7) is 0. The Morgan fingerprint density at radius 2 is 2.12 bits per heavy atom. The molecule has 1 aliphatic rings. The lowest BCUT2D eigenvalue weighted by molar-refractivity contribution is 0.0586. The number of hydrogen-bond acceptors (Lipinski definition) is 4. The number of nitrogens with zero attached hydrogens (tertiary/aromatic N) is 1. The van der Waals surface area contributed by atoms with E-state index in [0.29, 0.717) is 4.64 Å². The van der Waals surface area contributed by atoms with Gasteiger partial charge in [-0.05, 0) is 25.7 Å². The van der Waals surface area contributed by atoms with Gasteiger partial charge in [0.25, 0.3) is 0 Å². The van der Waals surface area contributed by atoms with Gasteiger partial charge in [-0.1, -0.05) is 18.6 Å². The average Bonchev–Trinajstić information content (AvgIpc) is 2.53. The number of H-pyrrole nitrogens is 1. The molecule has 0 aliphatic heterocycles. The van der Waals surface area contributed by atoms with Crippen molar-refractivity contribution in [2.75, 3.05) is 7.11 Å². The van der Waals surface area contributed by atoms with E-state index in [4.69, 9.17) is 12.2 Å². The highest BCUT2D eigenvalue weighted by molar-refractivity contribution is 7.71. The monoisotopic (exact) mass is 238 g/mol. The fourth-order valence-corrected chi connectivity index (χ4v) is 2.31. The van der Waals surface area contributed by atoms with Crippen molar-refractivity contribution in [3.05, 3.63) is 21.7 Å². The maximum Gasteiger partial charge on any atom is 0.374 e. The Labute approximate surface area is 99.1 Å². The molecule has 2 rings (SSSR count). The second kappa shape index (κ2) is 4.74. The Morgan fingerprint density at radius 3 is 2.88 bits per heavy atom. The van der Waals surface area contributed by atoms with E-state index in [1.807, 2.05) is 0 Å². The van der Waals surface area contributed by atoms with Gasteiger partial charge in [-0.2, -0.15) is 0 Å². The lowest BCUT2D eigenvalue weighted by atomic mass is 10.1. The third-order valence-corrected chi connectivity index (χ3v) is 3.18. The van der Waals surface area contributed by atoms with Gasteiger partial charge in [0.1, 0.15) is 4.64 Å². The van der Waals surface area contributed by atoms with Crippen molar-refractivity contribution in [1.82, 2.24) is 9.97 Å². The number of ether oxygens (including phenoxy) is 1. The zero-order valence-corrected chi connectivity index (χ0v) is 10.0. The zero-order chi connectivity index (χ0) is 11.5. The lowest BCUT2D eigenvalue weighted by Gasteiger charge is -2.07. The Balaban J connectivity index is 2.47. The normalized spacial score (nSPS) is 15.1. The average molecular weight is 238 g/mol. The molecule has 0 atom stereocenters. The number of hydrogen-bond donors (Lipinski definition) is 1. The lowest BCUT2D eigenvalue weighted by Crippen LogP contribution is -2.11. The number of esters is 1. The van der Waals surface area contributed by atoms with Gasteiger partial charge in [0.15, 0.2) is 0 Å². The molecule has 0 saturated heterocycles. The first-order valence-electron chi connectivity index (χ1n) is 5.42. The topological polar surface area (TPSA) is 55.0 Å². The van der Waals surface area contributed by atoms with Crippen LogP contribution in [0.4, 0.5) is 0 Å². The van der Waals surface area contributed by atoms with E-state index in [0.717, 1.165) is 36.9 Å². The largest absolute Gasteiger partial charge is 0.463 e. The van der Waals surface area contributed by atoms with Crippen LogP contribution in [0.1, 0.15) is 41.1 Å². The third kappa shape index (κ3) is 2.14. The molecule has 1 heterocycles. The number of aromatic amines is 1. The molecule has 0 aromatic carbocycles. The Hall–Kier alpha value is -1.23. The van der Waals surface area contributed by atoms with Crippen molar-refractivity contribution >= 4 is 18.2 Å². The molecule has 4 nitrogen and oxygen atoms in total. The molecule has 5 heteroatoms. The summed E-state index contributed by atoms with van der Waals surface area (Å²) in [4.78, 5) is 18.5. The smallest absolute Gasteiger partial charge is 0.374 e. The van der Waals surface area contributed by atoms with Crippen molar-refractivity contribution < 1.29 is 9.53 Å². The van der Waals surface area contributed by atoms with Gasteiger partial charge in [0.2, 0.25) is 5.82 Å². The summed E-state index contributed by atoms with van der Waals surface area (Å²) in [5.41, 5.74) is 2.15. The Kier molecular flexibility index (Phi) is 3.33. The maximum absolute atomic E-state index is 11.4. The molecule has 1 aliphatic carbocycles. The van der Waals surface area contributed by atoms with Crippen LogP contribution in [0.15, 0.2) is 0 Å². The van der Waals surface area contributed by atoms with Gasteiger partial charge >= 0.3 is 5.97 Å². The van der Waals surface area contributed by atoms with Crippen LogP contribution < -0.4 is 0 Å². The first kappa shape index (κ1) is 11.3. The predicted molar refractivity (Wildman–Crippen MR) is 62.0 cm³/mol. The molecule has 0 amide bonds. The molecular formula is C11H14N2O2S. The maximum atomic E-state index is 11.4. The molecule has 0 fully saturated rings. The minimum atomic E-state index is -0.460. The zero-order valence-electron chi connectivity index (χ0n) is 9.21. The molecule has 0 unspecified atom stereocenters. The van der Waals surface area contributed by atoms with Crippen molar-refractivity contribution in [3.63, 3.8) is 0 Å². The summed E-state index contributed by atoms with van der Waals surface area (Å²) in [5.74, 6) is -0.244. The van der Waals surface area contributed by atoms with Crippen molar-refractivity contribution in [1.29, 1.82) is 0 Å². The molecule has 0 radical (unpaired) electrons. The van der Waals surface area contributed by atoms with Crippen LogP contribution in [-0.2, 0) is 17.6 Å². The van der Waals surface area contributed by atoms with Gasteiger partial charge in [0, 0.05) is 11.3 Å². The molecule has 0 bridgehead atoms. The number of aromatic nitrogens is 2. The number of methoxy groups -OCH3 is 1. The van der Waals surface area contributed by atoms with E-state index in [1.165, 1.54) is 13.5 Å². The van der Waals surface area contributed by atoms with Crippen LogP contribution in [0.2, 0.25) is 0 Å². The van der Waals surface area contributed by atoms with Gasteiger partial charge < -0.3 is 9.72 Å². The number of fused-ring (bicyclic) bond motifs is 1. The minimum Gasteiger partial charge on any atom is -0.463 e. The summed E-state index contributed by atoms with van der Waals surface area (Å²) < 4.78 is 5.17. The van der Waals surface area contributed by atoms with E-state index < -0.39 is 5.97 Å². The predicted octanol–water partition coefficient (Wildman–Crippen LogP) is 2.19. The summed E-state index contributed by atoms with van der Waals surface area (Å²) in [5, 5.41) is 0. The molecule has 0 spiro atoms. The molecule has 86 valence electrons. The van der Waals surface area contributed by atoms with Crippen LogP contribution in [0.25, 0.3) is 0 Å². The minimum absolute atomic E-state index is 0.216. The fourth-order valence-electron chi connectivity index (χ4n) is 1.99. The molecule has 0 saturated carbocycles. The Bertz CT molecular complexity index is 468. The molecule has 1 N–H and O–H groups in total. The number of nitrogens with one attached hydrogen (secondary N) is 1.